The molecule has 0 spiro atoms. The molecule has 0 atom stereocenters. The van der Waals surface area contributed by atoms with Crippen molar-refractivity contribution in [1.29, 1.82) is 0 Å². The molecule has 2 heterocycles. The van der Waals surface area contributed by atoms with Gasteiger partial charge >= 0.3 is 0 Å². The minimum absolute atomic E-state index is 0.432. The monoisotopic (exact) mass is 249 g/mol. The first kappa shape index (κ1) is 11.4. The average Bonchev–Trinajstić information content (AvgIpc) is 2.67. The minimum Gasteiger partial charge on any atom is -0.329 e. The molecule has 0 saturated heterocycles. The number of aromatic nitrogens is 2. The Kier molecular flexibility index (Phi) is 2.69. The van der Waals surface area contributed by atoms with Gasteiger partial charge in [-0.15, -0.1) is 0 Å². The minimum atomic E-state index is -0.887. The Morgan fingerprint density at radius 1 is 1.44 bits per heavy atom. The van der Waals surface area contributed by atoms with Crippen LogP contribution in [0.1, 0.15) is 36.6 Å². The summed E-state index contributed by atoms with van der Waals surface area (Å²) in [5.41, 5.74) is 2.13. The maximum Gasteiger partial charge on any atom is 0.282 e. The summed E-state index contributed by atoms with van der Waals surface area (Å²) >= 11 is 0. The van der Waals surface area contributed by atoms with E-state index in [0.29, 0.717) is 25.6 Å². The van der Waals surface area contributed by atoms with E-state index in [1.807, 2.05) is 4.68 Å². The smallest absolute Gasteiger partial charge is 0.282 e. The van der Waals surface area contributed by atoms with Crippen molar-refractivity contribution in [3.8, 4) is 0 Å². The standard InChI is InChI=1S/C13H16FN3O/c1-9(14)13(18)16-5-6-17-11(8-16)7-12(15-17)10-3-2-4-10/h7,10H,1-6,8H2. The van der Waals surface area contributed by atoms with Crippen LogP contribution < -0.4 is 0 Å². The molecule has 0 bridgehead atoms. The molecule has 1 aliphatic heterocycles. The zero-order valence-electron chi connectivity index (χ0n) is 10.2. The number of carbonyl (C=O) groups is 1. The maximum absolute atomic E-state index is 12.8. The van der Waals surface area contributed by atoms with E-state index in [1.165, 1.54) is 24.2 Å². The van der Waals surface area contributed by atoms with Gasteiger partial charge in [0.1, 0.15) is 0 Å². The summed E-state index contributed by atoms with van der Waals surface area (Å²) in [6, 6.07) is 2.06. The summed E-state index contributed by atoms with van der Waals surface area (Å²) in [7, 11) is 0. The predicted molar refractivity (Wildman–Crippen MR) is 64.5 cm³/mol. The van der Waals surface area contributed by atoms with Gasteiger partial charge in [0.25, 0.3) is 5.91 Å². The highest BCUT2D eigenvalue weighted by Crippen LogP contribution is 2.36. The summed E-state index contributed by atoms with van der Waals surface area (Å²) < 4.78 is 14.8. The molecule has 2 aliphatic rings. The van der Waals surface area contributed by atoms with Gasteiger partial charge in [-0.3, -0.25) is 9.48 Å². The van der Waals surface area contributed by atoms with Gasteiger partial charge in [-0.25, -0.2) is 4.39 Å². The van der Waals surface area contributed by atoms with Crippen LogP contribution in [0.25, 0.3) is 0 Å². The lowest BCUT2D eigenvalue weighted by atomic mass is 9.83. The van der Waals surface area contributed by atoms with Gasteiger partial charge < -0.3 is 4.90 Å². The Bertz CT molecular complexity index is 504. The van der Waals surface area contributed by atoms with Crippen molar-refractivity contribution in [2.24, 2.45) is 0 Å². The Hall–Kier alpha value is -1.65. The van der Waals surface area contributed by atoms with E-state index < -0.39 is 11.7 Å². The molecule has 1 fully saturated rings. The molecule has 1 saturated carbocycles. The maximum atomic E-state index is 12.8. The van der Waals surface area contributed by atoms with Crippen molar-refractivity contribution in [1.82, 2.24) is 14.7 Å². The van der Waals surface area contributed by atoms with Crippen LogP contribution in [0.3, 0.4) is 0 Å². The third-order valence-corrected chi connectivity index (χ3v) is 3.86. The van der Waals surface area contributed by atoms with E-state index in [4.69, 9.17) is 0 Å². The van der Waals surface area contributed by atoms with Gasteiger partial charge in [-0.05, 0) is 18.9 Å². The van der Waals surface area contributed by atoms with Crippen molar-refractivity contribution in [2.75, 3.05) is 6.54 Å². The number of fused-ring (bicyclic) bond motifs is 1. The molecule has 1 aromatic heterocycles. The van der Waals surface area contributed by atoms with Crippen LogP contribution in [-0.4, -0.2) is 27.1 Å². The lowest BCUT2D eigenvalue weighted by molar-refractivity contribution is -0.130. The van der Waals surface area contributed by atoms with Crippen LogP contribution in [-0.2, 0) is 17.9 Å². The summed E-state index contributed by atoms with van der Waals surface area (Å²) in [6.45, 7) is 4.63. The van der Waals surface area contributed by atoms with Crippen molar-refractivity contribution in [2.45, 2.75) is 38.3 Å². The summed E-state index contributed by atoms with van der Waals surface area (Å²) in [5, 5.41) is 4.57. The molecule has 5 heteroatoms. The molecule has 96 valence electrons. The first-order valence-electron chi connectivity index (χ1n) is 6.35. The normalized spacial score (nSPS) is 19.3. The zero-order chi connectivity index (χ0) is 12.7. The molecule has 1 aliphatic carbocycles. The second-order valence-corrected chi connectivity index (χ2v) is 5.04. The molecule has 1 amide bonds. The van der Waals surface area contributed by atoms with Crippen LogP contribution in [0.15, 0.2) is 18.5 Å². The van der Waals surface area contributed by atoms with Gasteiger partial charge in [-0.2, -0.15) is 5.10 Å². The van der Waals surface area contributed by atoms with E-state index in [9.17, 15) is 9.18 Å². The molecular formula is C13H16FN3O. The van der Waals surface area contributed by atoms with E-state index >= 15 is 0 Å². The number of rotatable bonds is 2. The van der Waals surface area contributed by atoms with E-state index in [0.717, 1.165) is 11.4 Å². The van der Waals surface area contributed by atoms with Crippen LogP contribution in [0.2, 0.25) is 0 Å². The third-order valence-electron chi connectivity index (χ3n) is 3.86. The summed E-state index contributed by atoms with van der Waals surface area (Å²) in [6.07, 6.45) is 3.69. The van der Waals surface area contributed by atoms with Crippen molar-refractivity contribution >= 4 is 5.91 Å². The Morgan fingerprint density at radius 3 is 2.83 bits per heavy atom. The second kappa shape index (κ2) is 4.23. The molecule has 1 aromatic rings. The number of carbonyl (C=O) groups excluding carboxylic acids is 1. The molecule has 3 rings (SSSR count). The largest absolute Gasteiger partial charge is 0.329 e. The van der Waals surface area contributed by atoms with Crippen LogP contribution in [0.4, 0.5) is 4.39 Å². The quantitative estimate of drug-likeness (QED) is 0.752. The number of nitrogens with zero attached hydrogens (tertiary/aromatic N) is 3. The molecule has 0 radical (unpaired) electrons. The number of amides is 1. The molecule has 18 heavy (non-hydrogen) atoms. The van der Waals surface area contributed by atoms with Gasteiger partial charge in [0.2, 0.25) is 0 Å². The topological polar surface area (TPSA) is 38.1 Å². The van der Waals surface area contributed by atoms with Gasteiger partial charge in [0.15, 0.2) is 5.83 Å². The molecule has 0 N–H and O–H groups in total. The lowest BCUT2D eigenvalue weighted by Gasteiger charge is -2.26. The fraction of sp³-hybridized carbons (Fsp3) is 0.538. The van der Waals surface area contributed by atoms with E-state index in [2.05, 4.69) is 17.7 Å². The molecular weight excluding hydrogens is 233 g/mol. The summed E-state index contributed by atoms with van der Waals surface area (Å²) in [4.78, 5) is 13.0. The summed E-state index contributed by atoms with van der Waals surface area (Å²) in [5.74, 6) is -0.904. The molecule has 0 unspecified atom stereocenters. The Balaban J connectivity index is 1.77. The molecule has 4 nitrogen and oxygen atoms in total. The molecule has 0 aromatic carbocycles. The number of hydrogen-bond acceptors (Lipinski definition) is 2. The van der Waals surface area contributed by atoms with Gasteiger partial charge in [0.05, 0.1) is 24.5 Å². The predicted octanol–water partition coefficient (Wildman–Crippen LogP) is 1.98. The average molecular weight is 249 g/mol. The fourth-order valence-corrected chi connectivity index (χ4v) is 2.54. The van der Waals surface area contributed by atoms with Crippen LogP contribution in [0.5, 0.6) is 0 Å². The lowest BCUT2D eigenvalue weighted by Crippen LogP contribution is -2.38. The van der Waals surface area contributed by atoms with E-state index in [-0.39, 0.29) is 0 Å². The van der Waals surface area contributed by atoms with Crippen LogP contribution in [0, 0.1) is 0 Å². The Morgan fingerprint density at radius 2 is 2.22 bits per heavy atom. The second-order valence-electron chi connectivity index (χ2n) is 5.04. The number of halogens is 1. The Labute approximate surface area is 105 Å². The van der Waals surface area contributed by atoms with Crippen molar-refractivity contribution in [3.05, 3.63) is 29.9 Å². The highest BCUT2D eigenvalue weighted by atomic mass is 19.1. The SMILES string of the molecule is C=C(F)C(=O)N1CCn2nc(C3CCC3)cc2C1. The first-order valence-corrected chi connectivity index (χ1v) is 6.35. The third kappa shape index (κ3) is 1.83. The highest BCUT2D eigenvalue weighted by Gasteiger charge is 2.27. The van der Waals surface area contributed by atoms with Crippen LogP contribution >= 0.6 is 0 Å². The fourth-order valence-electron chi connectivity index (χ4n) is 2.54. The van der Waals surface area contributed by atoms with Crippen molar-refractivity contribution < 1.29 is 9.18 Å². The van der Waals surface area contributed by atoms with E-state index in [1.54, 1.807) is 0 Å². The zero-order valence-corrected chi connectivity index (χ0v) is 10.2. The first-order chi connectivity index (χ1) is 8.65. The van der Waals surface area contributed by atoms with Gasteiger partial charge in [-0.1, -0.05) is 13.0 Å². The van der Waals surface area contributed by atoms with Crippen molar-refractivity contribution in [3.63, 3.8) is 0 Å². The highest BCUT2D eigenvalue weighted by molar-refractivity contribution is 5.90. The van der Waals surface area contributed by atoms with Gasteiger partial charge in [0, 0.05) is 12.5 Å². The number of hydrogen-bond donors (Lipinski definition) is 0.